The van der Waals surface area contributed by atoms with Crippen LogP contribution in [0.15, 0.2) is 27.7 Å². The number of nitrogens with zero attached hydrogens (tertiary/aromatic N) is 2. The normalized spacial score (nSPS) is 12.9. The molecule has 2 aromatic rings. The first-order valence-electron chi connectivity index (χ1n) is 8.48. The van der Waals surface area contributed by atoms with Gasteiger partial charge in [-0.3, -0.25) is 4.99 Å². The van der Waals surface area contributed by atoms with Gasteiger partial charge in [0.05, 0.1) is 18.3 Å². The molecule has 0 bridgehead atoms. The standard InChI is InChI=1S/C18H24Cl2N4O2/c1-4-21-18(22-6-5-16-11(2)24-26-12(16)3)23-10-17(25)13-7-14(19)9-15(20)8-13/h7-9,17,25H,4-6,10H2,1-3H3,(H2,21,22,23). The molecule has 0 saturated heterocycles. The summed E-state index contributed by atoms with van der Waals surface area (Å²) < 4.78 is 5.17. The predicted octanol–water partition coefficient (Wildman–Crippen LogP) is 3.43. The van der Waals surface area contributed by atoms with Gasteiger partial charge in [0.25, 0.3) is 0 Å². The maximum Gasteiger partial charge on any atom is 0.191 e. The van der Waals surface area contributed by atoms with Gasteiger partial charge in [-0.1, -0.05) is 28.4 Å². The predicted molar refractivity (Wildman–Crippen MR) is 105 cm³/mol. The van der Waals surface area contributed by atoms with E-state index >= 15 is 0 Å². The zero-order chi connectivity index (χ0) is 19.1. The second kappa shape index (κ2) is 9.80. The molecule has 8 heteroatoms. The van der Waals surface area contributed by atoms with E-state index in [1.807, 2.05) is 20.8 Å². The molecule has 0 radical (unpaired) electrons. The Balaban J connectivity index is 1.95. The van der Waals surface area contributed by atoms with Crippen LogP contribution in [0.5, 0.6) is 0 Å². The van der Waals surface area contributed by atoms with Crippen molar-refractivity contribution < 1.29 is 9.63 Å². The van der Waals surface area contributed by atoms with E-state index in [1.165, 1.54) is 0 Å². The van der Waals surface area contributed by atoms with Crippen molar-refractivity contribution >= 4 is 29.2 Å². The van der Waals surface area contributed by atoms with Crippen molar-refractivity contribution in [2.24, 2.45) is 4.99 Å². The van der Waals surface area contributed by atoms with Gasteiger partial charge in [0, 0.05) is 28.7 Å². The molecule has 0 aliphatic heterocycles. The Morgan fingerprint density at radius 2 is 1.92 bits per heavy atom. The monoisotopic (exact) mass is 398 g/mol. The largest absolute Gasteiger partial charge is 0.386 e. The third-order valence-corrected chi connectivity index (χ3v) is 4.32. The van der Waals surface area contributed by atoms with Crippen LogP contribution in [0.2, 0.25) is 10.0 Å². The molecule has 26 heavy (non-hydrogen) atoms. The summed E-state index contributed by atoms with van der Waals surface area (Å²) in [4.78, 5) is 4.43. The average Bonchev–Trinajstić information content (AvgIpc) is 2.90. The van der Waals surface area contributed by atoms with Gasteiger partial charge < -0.3 is 20.3 Å². The summed E-state index contributed by atoms with van der Waals surface area (Å²) in [5.41, 5.74) is 2.64. The van der Waals surface area contributed by atoms with Crippen LogP contribution in [0.3, 0.4) is 0 Å². The number of hydrogen-bond acceptors (Lipinski definition) is 4. The SMILES string of the molecule is CCNC(=NCC(O)c1cc(Cl)cc(Cl)c1)NCCc1c(C)noc1C. The molecule has 6 nitrogen and oxygen atoms in total. The van der Waals surface area contributed by atoms with Crippen LogP contribution in [0.25, 0.3) is 0 Å². The van der Waals surface area contributed by atoms with Crippen LogP contribution in [0.1, 0.15) is 35.6 Å². The first-order chi connectivity index (χ1) is 12.4. The Labute approximate surface area is 163 Å². The number of aryl methyl sites for hydroxylation is 2. The van der Waals surface area contributed by atoms with Gasteiger partial charge in [0.1, 0.15) is 5.76 Å². The van der Waals surface area contributed by atoms with Gasteiger partial charge in [-0.15, -0.1) is 0 Å². The van der Waals surface area contributed by atoms with E-state index in [4.69, 9.17) is 27.7 Å². The summed E-state index contributed by atoms with van der Waals surface area (Å²) >= 11 is 12.0. The van der Waals surface area contributed by atoms with Crippen molar-refractivity contribution in [3.63, 3.8) is 0 Å². The zero-order valence-electron chi connectivity index (χ0n) is 15.1. The Hall–Kier alpha value is -1.76. The molecular formula is C18H24Cl2N4O2. The van der Waals surface area contributed by atoms with Crippen LogP contribution in [-0.4, -0.2) is 35.9 Å². The van der Waals surface area contributed by atoms with E-state index in [9.17, 15) is 5.11 Å². The Morgan fingerprint density at radius 1 is 1.23 bits per heavy atom. The summed E-state index contributed by atoms with van der Waals surface area (Å²) in [5, 5.41) is 21.7. The highest BCUT2D eigenvalue weighted by Crippen LogP contribution is 2.23. The molecule has 3 N–H and O–H groups in total. The number of nitrogens with one attached hydrogen (secondary N) is 2. The van der Waals surface area contributed by atoms with Gasteiger partial charge in [0.2, 0.25) is 0 Å². The van der Waals surface area contributed by atoms with E-state index in [2.05, 4.69) is 20.8 Å². The van der Waals surface area contributed by atoms with Gasteiger partial charge in [0.15, 0.2) is 5.96 Å². The highest BCUT2D eigenvalue weighted by atomic mass is 35.5. The maximum atomic E-state index is 10.3. The molecule has 142 valence electrons. The molecule has 1 heterocycles. The summed E-state index contributed by atoms with van der Waals surface area (Å²) in [7, 11) is 0. The quantitative estimate of drug-likeness (QED) is 0.491. The first-order valence-corrected chi connectivity index (χ1v) is 9.24. The van der Waals surface area contributed by atoms with E-state index in [-0.39, 0.29) is 6.54 Å². The number of hydrogen-bond donors (Lipinski definition) is 3. The molecule has 0 aliphatic carbocycles. The number of aromatic nitrogens is 1. The topological polar surface area (TPSA) is 82.7 Å². The van der Waals surface area contributed by atoms with E-state index in [1.54, 1.807) is 18.2 Å². The maximum absolute atomic E-state index is 10.3. The lowest BCUT2D eigenvalue weighted by atomic mass is 10.1. The molecule has 1 atom stereocenters. The van der Waals surface area contributed by atoms with E-state index < -0.39 is 6.10 Å². The second-order valence-electron chi connectivity index (χ2n) is 5.92. The lowest BCUT2D eigenvalue weighted by Crippen LogP contribution is -2.38. The number of rotatable bonds is 7. The Morgan fingerprint density at radius 3 is 2.50 bits per heavy atom. The summed E-state index contributed by atoms with van der Waals surface area (Å²) in [6.07, 6.45) is -0.0119. The molecule has 0 aliphatic rings. The minimum Gasteiger partial charge on any atom is -0.386 e. The van der Waals surface area contributed by atoms with Crippen molar-refractivity contribution in [2.75, 3.05) is 19.6 Å². The first kappa shape index (κ1) is 20.6. The molecule has 1 aromatic heterocycles. The van der Waals surface area contributed by atoms with Gasteiger partial charge in [-0.05, 0) is 51.0 Å². The van der Waals surface area contributed by atoms with E-state index in [0.29, 0.717) is 28.1 Å². The average molecular weight is 399 g/mol. The number of benzene rings is 1. The zero-order valence-corrected chi connectivity index (χ0v) is 16.7. The molecule has 1 aromatic carbocycles. The molecule has 0 amide bonds. The molecule has 2 rings (SSSR count). The van der Waals surface area contributed by atoms with Crippen LogP contribution >= 0.6 is 23.2 Å². The molecular weight excluding hydrogens is 375 g/mol. The van der Waals surface area contributed by atoms with E-state index in [0.717, 1.165) is 30.0 Å². The van der Waals surface area contributed by atoms with Crippen LogP contribution < -0.4 is 10.6 Å². The van der Waals surface area contributed by atoms with Crippen molar-refractivity contribution in [3.8, 4) is 0 Å². The lowest BCUT2D eigenvalue weighted by molar-refractivity contribution is 0.187. The highest BCUT2D eigenvalue weighted by molar-refractivity contribution is 6.34. The molecule has 0 saturated carbocycles. The Bertz CT molecular complexity index is 722. The summed E-state index contributed by atoms with van der Waals surface area (Å²) in [6, 6.07) is 5.00. The Kier molecular flexibility index (Phi) is 7.75. The molecule has 1 unspecified atom stereocenters. The van der Waals surface area contributed by atoms with Gasteiger partial charge in [-0.2, -0.15) is 0 Å². The molecule has 0 fully saturated rings. The third-order valence-electron chi connectivity index (χ3n) is 3.88. The number of halogens is 2. The fourth-order valence-corrected chi connectivity index (χ4v) is 3.10. The van der Waals surface area contributed by atoms with Crippen molar-refractivity contribution in [2.45, 2.75) is 33.3 Å². The number of aliphatic hydroxyl groups excluding tert-OH is 1. The summed E-state index contributed by atoms with van der Waals surface area (Å²) in [6.45, 7) is 7.40. The number of aliphatic hydroxyl groups is 1. The van der Waals surface area contributed by atoms with Crippen LogP contribution in [0.4, 0.5) is 0 Å². The minimum atomic E-state index is -0.788. The molecule has 0 spiro atoms. The van der Waals surface area contributed by atoms with Crippen LogP contribution in [0, 0.1) is 13.8 Å². The van der Waals surface area contributed by atoms with Crippen molar-refractivity contribution in [1.82, 2.24) is 15.8 Å². The van der Waals surface area contributed by atoms with Crippen LogP contribution in [-0.2, 0) is 6.42 Å². The minimum absolute atomic E-state index is 0.192. The smallest absolute Gasteiger partial charge is 0.191 e. The highest BCUT2D eigenvalue weighted by Gasteiger charge is 2.11. The lowest BCUT2D eigenvalue weighted by Gasteiger charge is -2.14. The van der Waals surface area contributed by atoms with Crippen molar-refractivity contribution in [1.29, 1.82) is 0 Å². The number of guanidine groups is 1. The van der Waals surface area contributed by atoms with Crippen molar-refractivity contribution in [3.05, 3.63) is 50.8 Å². The fourth-order valence-electron chi connectivity index (χ4n) is 2.56. The van der Waals surface area contributed by atoms with Gasteiger partial charge in [-0.25, -0.2) is 0 Å². The van der Waals surface area contributed by atoms with Gasteiger partial charge >= 0.3 is 0 Å². The second-order valence-corrected chi connectivity index (χ2v) is 6.79. The number of aliphatic imine (C=N–C) groups is 1. The summed E-state index contributed by atoms with van der Waals surface area (Å²) in [5.74, 6) is 1.46. The fraction of sp³-hybridized carbons (Fsp3) is 0.444. The third kappa shape index (κ3) is 5.90.